The summed E-state index contributed by atoms with van der Waals surface area (Å²) in [4.78, 5) is 9.75. The van der Waals surface area contributed by atoms with Crippen molar-refractivity contribution in [3.05, 3.63) is 29.8 Å². The maximum atomic E-state index is 11.9. The van der Waals surface area contributed by atoms with Gasteiger partial charge >= 0.3 is 7.60 Å². The van der Waals surface area contributed by atoms with Gasteiger partial charge < -0.3 is 19.3 Å². The quantitative estimate of drug-likeness (QED) is 0.719. The van der Waals surface area contributed by atoms with Gasteiger partial charge in [0.25, 0.3) is 0 Å². The summed E-state index contributed by atoms with van der Waals surface area (Å²) in [6.45, 7) is 3.86. The highest BCUT2D eigenvalue weighted by Gasteiger charge is 2.22. The normalized spacial score (nSPS) is 15.8. The van der Waals surface area contributed by atoms with E-state index in [2.05, 4.69) is 0 Å². The molecular weight excluding hydrogens is 267 g/mol. The number of rotatable bonds is 8. The number of hydrogen-bond acceptors (Lipinski definition) is 4. The van der Waals surface area contributed by atoms with E-state index in [1.165, 1.54) is 0 Å². The van der Waals surface area contributed by atoms with Gasteiger partial charge in [0.15, 0.2) is 0 Å². The third-order valence-electron chi connectivity index (χ3n) is 2.59. The van der Waals surface area contributed by atoms with Gasteiger partial charge in [0, 0.05) is 0 Å². The van der Waals surface area contributed by atoms with Crippen LogP contribution in [0.25, 0.3) is 0 Å². The zero-order chi connectivity index (χ0) is 14.3. The number of ether oxygens (including phenoxy) is 1. The molecule has 0 aromatic heterocycles. The molecule has 0 spiro atoms. The summed E-state index contributed by atoms with van der Waals surface area (Å²) in [5, 5.41) is 8.63. The first kappa shape index (κ1) is 16.2. The number of hydrogen-bond donors (Lipinski definition) is 2. The molecule has 108 valence electrons. The summed E-state index contributed by atoms with van der Waals surface area (Å²) in [7, 11) is -3.60. The Kier molecular flexibility index (Phi) is 6.52. The van der Waals surface area contributed by atoms with Gasteiger partial charge in [-0.2, -0.15) is 0 Å². The summed E-state index contributed by atoms with van der Waals surface area (Å²) in [5.74, 6) is 0.619. The third-order valence-corrected chi connectivity index (χ3v) is 4.04. The van der Waals surface area contributed by atoms with Crippen LogP contribution in [-0.4, -0.2) is 29.3 Å². The molecule has 0 radical (unpaired) electrons. The zero-order valence-electron chi connectivity index (χ0n) is 11.3. The van der Waals surface area contributed by atoms with Crippen LogP contribution < -0.4 is 4.74 Å². The molecule has 0 amide bonds. The second-order valence-corrected chi connectivity index (χ2v) is 6.14. The van der Waals surface area contributed by atoms with Crippen molar-refractivity contribution in [3.8, 4) is 5.75 Å². The highest BCUT2D eigenvalue weighted by Crippen LogP contribution is 2.47. The number of benzene rings is 1. The fourth-order valence-electron chi connectivity index (χ4n) is 1.48. The number of aliphatic hydroxyl groups is 1. The van der Waals surface area contributed by atoms with Crippen LogP contribution in [0.3, 0.4) is 0 Å². The summed E-state index contributed by atoms with van der Waals surface area (Å²) in [5.41, 5.74) is 0.713. The summed E-state index contributed by atoms with van der Waals surface area (Å²) >= 11 is 0. The predicted octanol–water partition coefficient (Wildman–Crippen LogP) is 2.56. The van der Waals surface area contributed by atoms with E-state index in [4.69, 9.17) is 14.4 Å². The molecule has 0 saturated heterocycles. The molecule has 0 heterocycles. The van der Waals surface area contributed by atoms with Gasteiger partial charge in [-0.1, -0.05) is 19.1 Å². The Morgan fingerprint density at radius 2 is 1.95 bits per heavy atom. The average Bonchev–Trinajstić information content (AvgIpc) is 2.37. The molecule has 1 aromatic carbocycles. The van der Waals surface area contributed by atoms with Gasteiger partial charge in [0.1, 0.15) is 12.4 Å². The van der Waals surface area contributed by atoms with E-state index in [0.717, 1.165) is 0 Å². The van der Waals surface area contributed by atoms with E-state index in [-0.39, 0.29) is 25.5 Å². The molecule has 2 atom stereocenters. The van der Waals surface area contributed by atoms with Crippen LogP contribution in [0, 0.1) is 0 Å². The molecule has 0 aliphatic rings. The van der Waals surface area contributed by atoms with Crippen molar-refractivity contribution >= 4 is 7.60 Å². The van der Waals surface area contributed by atoms with Crippen LogP contribution in [-0.2, 0) is 15.3 Å². The summed E-state index contributed by atoms with van der Waals surface area (Å²) < 4.78 is 22.2. The fourth-order valence-corrected chi connectivity index (χ4v) is 2.94. The van der Waals surface area contributed by atoms with Crippen LogP contribution >= 0.6 is 7.60 Å². The molecule has 0 aliphatic heterocycles. The lowest BCUT2D eigenvalue weighted by Gasteiger charge is -2.16. The van der Waals surface area contributed by atoms with E-state index < -0.39 is 7.60 Å². The first-order valence-electron chi connectivity index (χ1n) is 6.29. The van der Waals surface area contributed by atoms with E-state index in [1.807, 2.05) is 6.92 Å². The van der Waals surface area contributed by atoms with Crippen molar-refractivity contribution < 1.29 is 23.8 Å². The van der Waals surface area contributed by atoms with E-state index >= 15 is 0 Å². The first-order valence-corrected chi connectivity index (χ1v) is 8.06. The Bertz CT molecular complexity index is 418. The average molecular weight is 288 g/mol. The van der Waals surface area contributed by atoms with Crippen molar-refractivity contribution in [2.24, 2.45) is 0 Å². The molecule has 5 nitrogen and oxygen atoms in total. The fraction of sp³-hybridized carbons (Fsp3) is 0.538. The molecule has 0 saturated carbocycles. The lowest BCUT2D eigenvalue weighted by atomic mass is 10.2. The Labute approximate surface area is 113 Å². The highest BCUT2D eigenvalue weighted by molar-refractivity contribution is 7.51. The monoisotopic (exact) mass is 288 g/mol. The van der Waals surface area contributed by atoms with Crippen molar-refractivity contribution in [1.29, 1.82) is 0 Å². The summed E-state index contributed by atoms with van der Waals surface area (Å²) in [6.07, 6.45) is 0.443. The smallest absolute Gasteiger partial charge is 0.332 e. The van der Waals surface area contributed by atoms with Crippen molar-refractivity contribution in [1.82, 2.24) is 0 Å². The van der Waals surface area contributed by atoms with E-state index in [0.29, 0.717) is 17.7 Å². The van der Waals surface area contributed by atoms with E-state index in [9.17, 15) is 9.46 Å². The molecule has 0 bridgehead atoms. The lowest BCUT2D eigenvalue weighted by Crippen LogP contribution is -2.05. The van der Waals surface area contributed by atoms with Crippen molar-refractivity contribution in [2.45, 2.75) is 32.5 Å². The molecule has 1 aromatic rings. The predicted molar refractivity (Wildman–Crippen MR) is 73.4 cm³/mol. The van der Waals surface area contributed by atoms with Crippen molar-refractivity contribution in [3.63, 3.8) is 0 Å². The molecule has 2 N–H and O–H groups in total. The van der Waals surface area contributed by atoms with Gasteiger partial charge in [-0.25, -0.2) is 0 Å². The molecule has 2 unspecified atom stereocenters. The third kappa shape index (κ3) is 6.21. The van der Waals surface area contributed by atoms with Gasteiger partial charge in [-0.3, -0.25) is 4.57 Å². The van der Waals surface area contributed by atoms with Gasteiger partial charge in [0.05, 0.1) is 18.9 Å². The Balaban J connectivity index is 2.59. The van der Waals surface area contributed by atoms with Gasteiger partial charge in [0.2, 0.25) is 0 Å². The minimum Gasteiger partial charge on any atom is -0.491 e. The molecule has 1 rings (SSSR count). The standard InChI is InChI=1S/C13H21O5P/c1-3-11(2)18-19(15,16)10-12-4-6-13(7-5-12)17-9-8-14/h4-7,11,14H,3,8-10H2,1-2H3,(H,15,16). The minimum atomic E-state index is -3.60. The van der Waals surface area contributed by atoms with Gasteiger partial charge in [-0.05, 0) is 31.0 Å². The second kappa shape index (κ2) is 7.65. The van der Waals surface area contributed by atoms with Gasteiger partial charge in [-0.15, -0.1) is 0 Å². The Morgan fingerprint density at radius 1 is 1.32 bits per heavy atom. The maximum absolute atomic E-state index is 11.9. The van der Waals surface area contributed by atoms with Crippen LogP contribution in [0.1, 0.15) is 25.8 Å². The van der Waals surface area contributed by atoms with Crippen LogP contribution in [0.15, 0.2) is 24.3 Å². The number of aliphatic hydroxyl groups excluding tert-OH is 1. The highest BCUT2D eigenvalue weighted by atomic mass is 31.2. The van der Waals surface area contributed by atoms with Crippen molar-refractivity contribution in [2.75, 3.05) is 13.2 Å². The van der Waals surface area contributed by atoms with Crippen LogP contribution in [0.4, 0.5) is 0 Å². The molecule has 0 fully saturated rings. The molecule has 6 heteroatoms. The Morgan fingerprint density at radius 3 is 2.47 bits per heavy atom. The summed E-state index contributed by atoms with van der Waals surface area (Å²) in [6, 6.07) is 6.84. The Hall–Kier alpha value is -0.870. The maximum Gasteiger partial charge on any atom is 0.332 e. The second-order valence-electron chi connectivity index (χ2n) is 4.34. The van der Waals surface area contributed by atoms with E-state index in [1.54, 1.807) is 31.2 Å². The zero-order valence-corrected chi connectivity index (χ0v) is 12.2. The topological polar surface area (TPSA) is 76.0 Å². The first-order chi connectivity index (χ1) is 8.96. The van der Waals surface area contributed by atoms with Crippen LogP contribution in [0.5, 0.6) is 5.75 Å². The SMILES string of the molecule is CCC(C)OP(=O)(O)Cc1ccc(OCCO)cc1. The molecule has 0 aliphatic carbocycles. The van der Waals surface area contributed by atoms with Crippen LogP contribution in [0.2, 0.25) is 0 Å². The largest absolute Gasteiger partial charge is 0.491 e. The molecule has 19 heavy (non-hydrogen) atoms. The lowest BCUT2D eigenvalue weighted by molar-refractivity contribution is 0.185. The minimum absolute atomic E-state index is 0.0163. The molecular formula is C13H21O5P.